The molecule has 0 spiro atoms. The molecule has 0 aliphatic carbocycles. The Morgan fingerprint density at radius 1 is 1.22 bits per heavy atom. The maximum Gasteiger partial charge on any atom is 0.115 e. The third-order valence-corrected chi connectivity index (χ3v) is 3.55. The van der Waals surface area contributed by atoms with Gasteiger partial charge in [-0.2, -0.15) is 0 Å². The molecule has 1 aromatic heterocycles. The number of hydrogen-bond donors (Lipinski definition) is 1. The maximum atomic E-state index is 4.51. The number of benzene rings is 1. The normalized spacial score (nSPS) is 19.1. The first-order valence-electron chi connectivity index (χ1n) is 6.42. The van der Waals surface area contributed by atoms with E-state index in [0.717, 1.165) is 19.5 Å². The van der Waals surface area contributed by atoms with E-state index in [1.807, 2.05) is 6.20 Å². The van der Waals surface area contributed by atoms with Gasteiger partial charge in [-0.1, -0.05) is 29.8 Å². The molecule has 3 heteroatoms. The van der Waals surface area contributed by atoms with Crippen LogP contribution in [0.3, 0.4) is 0 Å². The van der Waals surface area contributed by atoms with E-state index in [1.165, 1.54) is 22.4 Å². The lowest BCUT2D eigenvalue weighted by molar-refractivity contribution is 0.733. The van der Waals surface area contributed by atoms with E-state index in [-0.39, 0.29) is 0 Å². The Hall–Kier alpha value is -1.74. The largest absolute Gasteiger partial charge is 0.316 e. The van der Waals surface area contributed by atoms with Crippen LogP contribution in [0.2, 0.25) is 0 Å². The maximum absolute atomic E-state index is 4.51. The van der Waals surface area contributed by atoms with Gasteiger partial charge in [0.05, 0.1) is 5.69 Å². The van der Waals surface area contributed by atoms with Gasteiger partial charge >= 0.3 is 0 Å². The zero-order valence-corrected chi connectivity index (χ0v) is 10.6. The van der Waals surface area contributed by atoms with Crippen molar-refractivity contribution in [2.24, 2.45) is 0 Å². The van der Waals surface area contributed by atoms with Gasteiger partial charge in [0.25, 0.3) is 0 Å². The molecule has 0 radical (unpaired) electrons. The van der Waals surface area contributed by atoms with E-state index in [0.29, 0.717) is 5.92 Å². The van der Waals surface area contributed by atoms with Crippen LogP contribution in [0.4, 0.5) is 0 Å². The van der Waals surface area contributed by atoms with Gasteiger partial charge in [-0.3, -0.25) is 0 Å². The third kappa shape index (κ3) is 2.14. The second-order valence-corrected chi connectivity index (χ2v) is 4.88. The fraction of sp³-hybridized carbons (Fsp3) is 0.333. The fourth-order valence-corrected chi connectivity index (χ4v) is 2.51. The number of aromatic nitrogens is 2. The average molecular weight is 239 g/mol. The molecule has 1 aliphatic rings. The van der Waals surface area contributed by atoms with Crippen molar-refractivity contribution in [1.82, 2.24) is 15.3 Å². The Balaban J connectivity index is 2.03. The summed E-state index contributed by atoms with van der Waals surface area (Å²) in [5, 5.41) is 3.40. The standard InChI is InChI=1S/C15H17N3/c1-11-2-4-12(5-3-11)14-9-17-10-18-15(14)13-6-7-16-8-13/h2-5,9-10,13,16H,6-8H2,1H3. The quantitative estimate of drug-likeness (QED) is 0.875. The molecule has 0 saturated carbocycles. The molecule has 1 saturated heterocycles. The van der Waals surface area contributed by atoms with Gasteiger partial charge in [0.15, 0.2) is 0 Å². The molecule has 2 heterocycles. The molecule has 2 aromatic rings. The van der Waals surface area contributed by atoms with Crippen molar-refractivity contribution in [3.8, 4) is 11.1 Å². The molecule has 0 bridgehead atoms. The molecule has 0 amide bonds. The highest BCUT2D eigenvalue weighted by Crippen LogP contribution is 2.30. The van der Waals surface area contributed by atoms with E-state index < -0.39 is 0 Å². The highest BCUT2D eigenvalue weighted by Gasteiger charge is 2.21. The summed E-state index contributed by atoms with van der Waals surface area (Å²) in [6, 6.07) is 8.58. The number of aryl methyl sites for hydroxylation is 1. The van der Waals surface area contributed by atoms with Gasteiger partial charge in [-0.05, 0) is 25.5 Å². The minimum Gasteiger partial charge on any atom is -0.316 e. The Bertz CT molecular complexity index is 528. The summed E-state index contributed by atoms with van der Waals surface area (Å²) in [5.74, 6) is 0.518. The van der Waals surface area contributed by atoms with E-state index in [2.05, 4.69) is 46.5 Å². The van der Waals surface area contributed by atoms with Gasteiger partial charge in [0, 0.05) is 24.2 Å². The predicted molar refractivity (Wildman–Crippen MR) is 72.4 cm³/mol. The SMILES string of the molecule is Cc1ccc(-c2cncnc2C2CCNC2)cc1. The molecule has 1 unspecified atom stereocenters. The topological polar surface area (TPSA) is 37.8 Å². The summed E-state index contributed by atoms with van der Waals surface area (Å²) in [6.07, 6.45) is 4.76. The Morgan fingerprint density at radius 2 is 2.06 bits per heavy atom. The first-order chi connectivity index (χ1) is 8.84. The second kappa shape index (κ2) is 4.86. The average Bonchev–Trinajstić information content (AvgIpc) is 2.93. The van der Waals surface area contributed by atoms with E-state index in [9.17, 15) is 0 Å². The highest BCUT2D eigenvalue weighted by atomic mass is 14.9. The van der Waals surface area contributed by atoms with Crippen LogP contribution in [0, 0.1) is 6.92 Å². The lowest BCUT2D eigenvalue weighted by atomic mass is 9.95. The zero-order chi connectivity index (χ0) is 12.4. The summed E-state index contributed by atoms with van der Waals surface area (Å²) < 4.78 is 0. The fourth-order valence-electron chi connectivity index (χ4n) is 2.51. The third-order valence-electron chi connectivity index (χ3n) is 3.55. The minimum atomic E-state index is 0.518. The first-order valence-corrected chi connectivity index (χ1v) is 6.42. The van der Waals surface area contributed by atoms with Gasteiger partial charge in [0.1, 0.15) is 6.33 Å². The number of rotatable bonds is 2. The van der Waals surface area contributed by atoms with Gasteiger partial charge in [0.2, 0.25) is 0 Å². The Morgan fingerprint density at radius 3 is 2.78 bits per heavy atom. The monoisotopic (exact) mass is 239 g/mol. The van der Waals surface area contributed by atoms with Crippen LogP contribution in [0.1, 0.15) is 23.6 Å². The molecular formula is C15H17N3. The molecule has 3 rings (SSSR count). The minimum absolute atomic E-state index is 0.518. The van der Waals surface area contributed by atoms with Crippen LogP contribution < -0.4 is 5.32 Å². The van der Waals surface area contributed by atoms with Crippen molar-refractivity contribution < 1.29 is 0 Å². The second-order valence-electron chi connectivity index (χ2n) is 4.88. The van der Waals surface area contributed by atoms with Crippen LogP contribution in [-0.2, 0) is 0 Å². The molecule has 1 N–H and O–H groups in total. The molecule has 1 atom stereocenters. The van der Waals surface area contributed by atoms with Crippen molar-refractivity contribution >= 4 is 0 Å². The lowest BCUT2D eigenvalue weighted by Crippen LogP contribution is -2.10. The van der Waals surface area contributed by atoms with Crippen molar-refractivity contribution in [3.05, 3.63) is 48.0 Å². The summed E-state index contributed by atoms with van der Waals surface area (Å²) in [6.45, 7) is 4.21. The summed E-state index contributed by atoms with van der Waals surface area (Å²) in [7, 11) is 0. The van der Waals surface area contributed by atoms with E-state index in [1.54, 1.807) is 6.33 Å². The summed E-state index contributed by atoms with van der Waals surface area (Å²) >= 11 is 0. The van der Waals surface area contributed by atoms with E-state index in [4.69, 9.17) is 0 Å². The van der Waals surface area contributed by atoms with E-state index >= 15 is 0 Å². The first kappa shape index (κ1) is 11.4. The molecule has 3 nitrogen and oxygen atoms in total. The van der Waals surface area contributed by atoms with Crippen molar-refractivity contribution in [2.45, 2.75) is 19.3 Å². The molecule has 92 valence electrons. The van der Waals surface area contributed by atoms with Gasteiger partial charge < -0.3 is 5.32 Å². The molecule has 1 aliphatic heterocycles. The van der Waals surface area contributed by atoms with Crippen LogP contribution in [0.25, 0.3) is 11.1 Å². The highest BCUT2D eigenvalue weighted by molar-refractivity contribution is 5.65. The molecule has 1 fully saturated rings. The Labute approximate surface area is 107 Å². The summed E-state index contributed by atoms with van der Waals surface area (Å²) in [4.78, 5) is 8.69. The zero-order valence-electron chi connectivity index (χ0n) is 10.6. The number of nitrogens with zero attached hydrogens (tertiary/aromatic N) is 2. The van der Waals surface area contributed by atoms with Crippen molar-refractivity contribution in [1.29, 1.82) is 0 Å². The summed E-state index contributed by atoms with van der Waals surface area (Å²) in [5.41, 5.74) is 4.84. The lowest BCUT2D eigenvalue weighted by Gasteiger charge is -2.13. The molecule has 1 aromatic carbocycles. The van der Waals surface area contributed by atoms with Crippen LogP contribution in [0.5, 0.6) is 0 Å². The van der Waals surface area contributed by atoms with Crippen LogP contribution in [-0.4, -0.2) is 23.1 Å². The predicted octanol–water partition coefficient (Wildman–Crippen LogP) is 2.53. The van der Waals surface area contributed by atoms with Gasteiger partial charge in [-0.25, -0.2) is 9.97 Å². The molecular weight excluding hydrogens is 222 g/mol. The smallest absolute Gasteiger partial charge is 0.115 e. The van der Waals surface area contributed by atoms with Crippen LogP contribution >= 0.6 is 0 Å². The van der Waals surface area contributed by atoms with Crippen molar-refractivity contribution in [3.63, 3.8) is 0 Å². The van der Waals surface area contributed by atoms with Crippen LogP contribution in [0.15, 0.2) is 36.8 Å². The number of hydrogen-bond acceptors (Lipinski definition) is 3. The number of nitrogens with one attached hydrogen (secondary N) is 1. The van der Waals surface area contributed by atoms with Gasteiger partial charge in [-0.15, -0.1) is 0 Å². The van der Waals surface area contributed by atoms with Crippen molar-refractivity contribution in [2.75, 3.05) is 13.1 Å². The Kier molecular flexibility index (Phi) is 3.07. The molecule has 18 heavy (non-hydrogen) atoms.